The van der Waals surface area contributed by atoms with Crippen LogP contribution in [-0.4, -0.2) is 43.0 Å². The van der Waals surface area contributed by atoms with Crippen molar-refractivity contribution in [1.29, 1.82) is 0 Å². The molecule has 0 spiro atoms. The molecule has 4 rings (SSSR count). The summed E-state index contributed by atoms with van der Waals surface area (Å²) in [5.74, 6) is 1.18. The third-order valence-electron chi connectivity index (χ3n) is 5.98. The molecule has 2 aliphatic rings. The van der Waals surface area contributed by atoms with Crippen LogP contribution >= 0.6 is 11.3 Å². The number of fused-ring (bicyclic) bond motifs is 1. The molecular weight excluding hydrogens is 410 g/mol. The zero-order chi connectivity index (χ0) is 21.8. The average molecular weight is 442 g/mol. The predicted molar refractivity (Wildman–Crippen MR) is 125 cm³/mol. The Morgan fingerprint density at radius 1 is 1.16 bits per heavy atom. The number of carbonyl (C=O) groups excluding carboxylic acids is 2. The summed E-state index contributed by atoms with van der Waals surface area (Å²) in [6.45, 7) is 7.11. The van der Waals surface area contributed by atoms with Crippen LogP contribution in [0.5, 0.6) is 5.75 Å². The molecule has 0 saturated carbocycles. The Labute approximate surface area is 188 Å². The molecule has 1 atom stereocenters. The van der Waals surface area contributed by atoms with Gasteiger partial charge in [-0.05, 0) is 87.9 Å². The average Bonchev–Trinajstić information content (AvgIpc) is 3.36. The van der Waals surface area contributed by atoms with E-state index in [1.54, 1.807) is 11.3 Å². The summed E-state index contributed by atoms with van der Waals surface area (Å²) >= 11 is 1.57. The Balaban J connectivity index is 1.54. The van der Waals surface area contributed by atoms with Crippen molar-refractivity contribution in [1.82, 2.24) is 4.90 Å². The Kier molecular flexibility index (Phi) is 6.92. The van der Waals surface area contributed by atoms with E-state index in [4.69, 9.17) is 4.74 Å². The molecule has 0 radical (unpaired) electrons. The Hall–Kier alpha value is -2.38. The highest BCUT2D eigenvalue weighted by molar-refractivity contribution is 7.17. The van der Waals surface area contributed by atoms with Gasteiger partial charge in [-0.15, -0.1) is 11.3 Å². The van der Waals surface area contributed by atoms with Crippen molar-refractivity contribution in [2.45, 2.75) is 46.0 Å². The minimum atomic E-state index is -0.160. The van der Waals surface area contributed by atoms with Gasteiger partial charge in [0.1, 0.15) is 10.8 Å². The number of anilines is 2. The first-order valence-electron chi connectivity index (χ1n) is 11.2. The van der Waals surface area contributed by atoms with E-state index in [1.165, 1.54) is 4.88 Å². The number of rotatable bonds is 7. The Morgan fingerprint density at radius 3 is 2.61 bits per heavy atom. The summed E-state index contributed by atoms with van der Waals surface area (Å²) in [6.07, 6.45) is 5.20. The van der Waals surface area contributed by atoms with Crippen molar-refractivity contribution in [3.8, 4) is 5.75 Å². The SMILES string of the molecule is CCOc1ccc(NC(=O)c2c(NC(=O)CN3CCCC3)sc3c2CC[C@@H](C)C3)cc1. The van der Waals surface area contributed by atoms with E-state index in [1.807, 2.05) is 31.2 Å². The molecule has 31 heavy (non-hydrogen) atoms. The second kappa shape index (κ2) is 9.83. The van der Waals surface area contributed by atoms with Gasteiger partial charge in [-0.1, -0.05) is 6.92 Å². The van der Waals surface area contributed by atoms with Gasteiger partial charge in [0.05, 0.1) is 18.7 Å². The van der Waals surface area contributed by atoms with Crippen LogP contribution in [0.1, 0.15) is 53.9 Å². The molecule has 1 fully saturated rings. The molecule has 2 N–H and O–H groups in total. The summed E-state index contributed by atoms with van der Waals surface area (Å²) in [7, 11) is 0. The van der Waals surface area contributed by atoms with E-state index < -0.39 is 0 Å². The first-order chi connectivity index (χ1) is 15.0. The van der Waals surface area contributed by atoms with Gasteiger partial charge in [-0.3, -0.25) is 14.5 Å². The molecule has 1 aliphatic heterocycles. The number of hydrogen-bond donors (Lipinski definition) is 2. The van der Waals surface area contributed by atoms with Crippen LogP contribution in [0.15, 0.2) is 24.3 Å². The van der Waals surface area contributed by atoms with Crippen molar-refractivity contribution < 1.29 is 14.3 Å². The maximum atomic E-state index is 13.3. The molecular formula is C24H31N3O3S. The molecule has 2 amide bonds. The lowest BCUT2D eigenvalue weighted by atomic mass is 9.88. The number of likely N-dealkylation sites (tertiary alicyclic amines) is 1. The number of benzene rings is 1. The highest BCUT2D eigenvalue weighted by Crippen LogP contribution is 2.40. The largest absolute Gasteiger partial charge is 0.494 e. The molecule has 166 valence electrons. The molecule has 1 aromatic heterocycles. The van der Waals surface area contributed by atoms with Crippen LogP contribution in [0.3, 0.4) is 0 Å². The van der Waals surface area contributed by atoms with Gasteiger partial charge in [0, 0.05) is 10.6 Å². The third kappa shape index (κ3) is 5.28. The number of nitrogens with one attached hydrogen (secondary N) is 2. The van der Waals surface area contributed by atoms with Crippen LogP contribution in [0.25, 0.3) is 0 Å². The fraction of sp³-hybridized carbons (Fsp3) is 0.500. The number of carbonyl (C=O) groups is 2. The Bertz CT molecular complexity index is 932. The number of thiophene rings is 1. The normalized spacial score (nSPS) is 18.5. The standard InChI is InChI=1S/C24H31N3O3S/c1-3-30-18-9-7-17(8-10-18)25-23(29)22-19-11-6-16(2)14-20(19)31-24(22)26-21(28)15-27-12-4-5-13-27/h7-10,16H,3-6,11-15H2,1-2H3,(H,25,29)(H,26,28)/t16-/m1/s1. The van der Waals surface area contributed by atoms with Gasteiger partial charge in [0.25, 0.3) is 5.91 Å². The van der Waals surface area contributed by atoms with E-state index in [9.17, 15) is 9.59 Å². The highest BCUT2D eigenvalue weighted by atomic mass is 32.1. The van der Waals surface area contributed by atoms with Gasteiger partial charge in [0.2, 0.25) is 5.91 Å². The molecule has 7 heteroatoms. The minimum absolute atomic E-state index is 0.0383. The predicted octanol–water partition coefficient (Wildman–Crippen LogP) is 4.56. The number of ether oxygens (including phenoxy) is 1. The smallest absolute Gasteiger partial charge is 0.258 e. The van der Waals surface area contributed by atoms with Crippen LogP contribution in [0.2, 0.25) is 0 Å². The lowest BCUT2D eigenvalue weighted by Crippen LogP contribution is -2.31. The van der Waals surface area contributed by atoms with E-state index in [-0.39, 0.29) is 11.8 Å². The van der Waals surface area contributed by atoms with Crippen molar-refractivity contribution in [3.63, 3.8) is 0 Å². The zero-order valence-electron chi connectivity index (χ0n) is 18.3. The van der Waals surface area contributed by atoms with Gasteiger partial charge >= 0.3 is 0 Å². The number of amides is 2. The van der Waals surface area contributed by atoms with Crippen molar-refractivity contribution in [2.75, 3.05) is 36.9 Å². The number of nitrogens with zero attached hydrogens (tertiary/aromatic N) is 1. The lowest BCUT2D eigenvalue weighted by molar-refractivity contribution is -0.117. The van der Waals surface area contributed by atoms with Crippen molar-refractivity contribution in [3.05, 3.63) is 40.3 Å². The van der Waals surface area contributed by atoms with Gasteiger partial charge in [0.15, 0.2) is 0 Å². The van der Waals surface area contributed by atoms with Crippen LogP contribution < -0.4 is 15.4 Å². The molecule has 1 saturated heterocycles. The molecule has 2 aromatic rings. The quantitative estimate of drug-likeness (QED) is 0.661. The summed E-state index contributed by atoms with van der Waals surface area (Å²) < 4.78 is 5.48. The van der Waals surface area contributed by atoms with E-state index in [0.29, 0.717) is 35.3 Å². The summed E-state index contributed by atoms with van der Waals surface area (Å²) in [5.41, 5.74) is 2.45. The third-order valence-corrected chi connectivity index (χ3v) is 7.15. The second-order valence-electron chi connectivity index (χ2n) is 8.50. The summed E-state index contributed by atoms with van der Waals surface area (Å²) in [5, 5.41) is 6.76. The highest BCUT2D eigenvalue weighted by Gasteiger charge is 2.29. The van der Waals surface area contributed by atoms with Crippen LogP contribution in [0, 0.1) is 5.92 Å². The maximum Gasteiger partial charge on any atom is 0.258 e. The summed E-state index contributed by atoms with van der Waals surface area (Å²) in [4.78, 5) is 29.4. The first kappa shape index (κ1) is 21.8. The van der Waals surface area contributed by atoms with Gasteiger partial charge in [-0.25, -0.2) is 0 Å². The summed E-state index contributed by atoms with van der Waals surface area (Å²) in [6, 6.07) is 7.38. The van der Waals surface area contributed by atoms with Gasteiger partial charge < -0.3 is 15.4 Å². The molecule has 1 aromatic carbocycles. The minimum Gasteiger partial charge on any atom is -0.494 e. The first-order valence-corrected chi connectivity index (χ1v) is 12.1. The molecule has 2 heterocycles. The Morgan fingerprint density at radius 2 is 1.90 bits per heavy atom. The van der Waals surface area contributed by atoms with E-state index in [2.05, 4.69) is 22.5 Å². The molecule has 1 aliphatic carbocycles. The molecule has 6 nitrogen and oxygen atoms in total. The molecule has 0 unspecified atom stereocenters. The second-order valence-corrected chi connectivity index (χ2v) is 9.60. The van der Waals surface area contributed by atoms with E-state index in [0.717, 1.165) is 56.5 Å². The van der Waals surface area contributed by atoms with Crippen molar-refractivity contribution in [2.24, 2.45) is 5.92 Å². The lowest BCUT2D eigenvalue weighted by Gasteiger charge is -2.19. The number of hydrogen-bond acceptors (Lipinski definition) is 5. The van der Waals surface area contributed by atoms with Gasteiger partial charge in [-0.2, -0.15) is 0 Å². The zero-order valence-corrected chi connectivity index (χ0v) is 19.1. The van der Waals surface area contributed by atoms with Crippen LogP contribution in [-0.2, 0) is 17.6 Å². The van der Waals surface area contributed by atoms with Crippen molar-refractivity contribution >= 4 is 33.8 Å². The van der Waals surface area contributed by atoms with E-state index >= 15 is 0 Å². The molecule has 0 bridgehead atoms. The van der Waals surface area contributed by atoms with Crippen LogP contribution in [0.4, 0.5) is 10.7 Å². The fourth-order valence-electron chi connectivity index (χ4n) is 4.38. The monoisotopic (exact) mass is 441 g/mol. The topological polar surface area (TPSA) is 70.7 Å². The maximum absolute atomic E-state index is 13.3. The fourth-order valence-corrected chi connectivity index (χ4v) is 5.81.